The summed E-state index contributed by atoms with van der Waals surface area (Å²) < 4.78 is 73.5. The van der Waals surface area contributed by atoms with Crippen LogP contribution >= 0.6 is 0 Å². The Bertz CT molecular complexity index is 1270. The second-order valence-corrected chi connectivity index (χ2v) is 9.71. The van der Waals surface area contributed by atoms with E-state index in [1.165, 1.54) is 30.3 Å². The van der Waals surface area contributed by atoms with Crippen molar-refractivity contribution in [1.82, 2.24) is 9.88 Å². The first-order chi connectivity index (χ1) is 16.0. The fourth-order valence-electron chi connectivity index (χ4n) is 3.99. The van der Waals surface area contributed by atoms with Gasteiger partial charge in [-0.1, -0.05) is 6.07 Å². The lowest BCUT2D eigenvalue weighted by Crippen LogP contribution is -2.38. The molecule has 0 radical (unpaired) electrons. The SMILES string of the molecule is CCOc1cc(CN2CCC(Nc3nc4cc(S(N)(=O)=O)ccc4o3)CC2)ccc1C(F)(F)F. The lowest BCUT2D eigenvalue weighted by atomic mass is 10.0. The maximum Gasteiger partial charge on any atom is 0.419 e. The van der Waals surface area contributed by atoms with Gasteiger partial charge in [-0.3, -0.25) is 4.90 Å². The Hall–Kier alpha value is -2.83. The Balaban J connectivity index is 1.36. The average molecular weight is 499 g/mol. The molecule has 1 fully saturated rings. The van der Waals surface area contributed by atoms with E-state index in [2.05, 4.69) is 15.2 Å². The van der Waals surface area contributed by atoms with Crippen molar-refractivity contribution in [2.45, 2.75) is 43.4 Å². The van der Waals surface area contributed by atoms with E-state index >= 15 is 0 Å². The molecule has 1 aliphatic heterocycles. The van der Waals surface area contributed by atoms with E-state index < -0.39 is 21.8 Å². The van der Waals surface area contributed by atoms with Crippen molar-refractivity contribution in [1.29, 1.82) is 0 Å². The molecule has 3 N–H and O–H groups in total. The number of oxazole rings is 1. The normalized spacial score (nSPS) is 16.1. The predicted octanol–water partition coefficient (Wildman–Crippen LogP) is 3.97. The largest absolute Gasteiger partial charge is 0.493 e. The first kappa shape index (κ1) is 24.3. The number of likely N-dealkylation sites (tertiary alicyclic amines) is 1. The van der Waals surface area contributed by atoms with Gasteiger partial charge in [-0.2, -0.15) is 18.2 Å². The minimum atomic E-state index is -4.46. The van der Waals surface area contributed by atoms with Crippen LogP contribution in [0.3, 0.4) is 0 Å². The number of benzene rings is 2. The van der Waals surface area contributed by atoms with Gasteiger partial charge in [0.05, 0.1) is 17.1 Å². The summed E-state index contributed by atoms with van der Waals surface area (Å²) in [6.07, 6.45) is -2.90. The summed E-state index contributed by atoms with van der Waals surface area (Å²) in [5.41, 5.74) is 0.821. The van der Waals surface area contributed by atoms with Gasteiger partial charge in [0, 0.05) is 25.7 Å². The van der Waals surface area contributed by atoms with E-state index in [9.17, 15) is 21.6 Å². The minimum Gasteiger partial charge on any atom is -0.493 e. The number of rotatable bonds is 7. The zero-order valence-corrected chi connectivity index (χ0v) is 19.2. The van der Waals surface area contributed by atoms with Crippen molar-refractivity contribution in [2.24, 2.45) is 5.14 Å². The molecular formula is C22H25F3N4O4S. The highest BCUT2D eigenvalue weighted by atomic mass is 32.2. The standard InChI is InChI=1S/C22H25F3N4O4S/c1-2-32-20-11-14(3-5-17(20)22(23,24)25)13-29-9-7-15(8-10-29)27-21-28-18-12-16(34(26,30)31)4-6-19(18)33-21/h3-6,11-12,15H,2,7-10,13H2,1H3,(H,27,28)(H2,26,30,31). The zero-order chi connectivity index (χ0) is 24.5. The van der Waals surface area contributed by atoms with Crippen molar-refractivity contribution in [3.8, 4) is 5.75 Å². The summed E-state index contributed by atoms with van der Waals surface area (Å²) in [5.74, 6) is -0.148. The number of sulfonamides is 1. The molecule has 34 heavy (non-hydrogen) atoms. The molecule has 4 rings (SSSR count). The van der Waals surface area contributed by atoms with Gasteiger partial charge >= 0.3 is 6.18 Å². The van der Waals surface area contributed by atoms with Crippen LogP contribution in [0.5, 0.6) is 5.75 Å². The van der Waals surface area contributed by atoms with Gasteiger partial charge in [-0.25, -0.2) is 13.6 Å². The number of alkyl halides is 3. The molecule has 2 aromatic carbocycles. The Morgan fingerprint density at radius 2 is 1.94 bits per heavy atom. The molecule has 0 amide bonds. The maximum atomic E-state index is 13.2. The number of fused-ring (bicyclic) bond motifs is 1. The van der Waals surface area contributed by atoms with Gasteiger partial charge in [0.1, 0.15) is 11.3 Å². The topological polar surface area (TPSA) is 111 Å². The molecule has 0 bridgehead atoms. The summed E-state index contributed by atoms with van der Waals surface area (Å²) in [7, 11) is -3.83. The van der Waals surface area contributed by atoms with Crippen LogP contribution in [-0.2, 0) is 22.7 Å². The average Bonchev–Trinajstić information content (AvgIpc) is 3.15. The highest BCUT2D eigenvalue weighted by Crippen LogP contribution is 2.37. The summed E-state index contributed by atoms with van der Waals surface area (Å²) in [4.78, 5) is 6.44. The van der Waals surface area contributed by atoms with E-state index in [0.717, 1.165) is 37.6 Å². The molecule has 3 aromatic rings. The summed E-state index contributed by atoms with van der Waals surface area (Å²) in [6.45, 7) is 3.80. The van der Waals surface area contributed by atoms with Crippen LogP contribution in [0.1, 0.15) is 30.9 Å². The quantitative estimate of drug-likeness (QED) is 0.507. The number of aromatic nitrogens is 1. The molecule has 8 nitrogen and oxygen atoms in total. The van der Waals surface area contributed by atoms with Crippen molar-refractivity contribution in [3.05, 3.63) is 47.5 Å². The fourth-order valence-corrected chi connectivity index (χ4v) is 4.52. The fraction of sp³-hybridized carbons (Fsp3) is 0.409. The number of halogens is 3. The van der Waals surface area contributed by atoms with E-state index in [-0.39, 0.29) is 23.3 Å². The molecule has 0 atom stereocenters. The van der Waals surface area contributed by atoms with Crippen LogP contribution in [0.2, 0.25) is 0 Å². The molecule has 0 saturated carbocycles. The first-order valence-corrected chi connectivity index (χ1v) is 12.3. The third kappa shape index (κ3) is 5.62. The van der Waals surface area contributed by atoms with Gasteiger partial charge in [-0.05, 0) is 55.7 Å². The molecule has 0 spiro atoms. The molecular weight excluding hydrogens is 473 g/mol. The predicted molar refractivity (Wildman–Crippen MR) is 120 cm³/mol. The molecule has 2 heterocycles. The van der Waals surface area contributed by atoms with E-state index in [1.54, 1.807) is 6.92 Å². The van der Waals surface area contributed by atoms with Crippen LogP contribution < -0.4 is 15.2 Å². The van der Waals surface area contributed by atoms with Crippen molar-refractivity contribution in [3.63, 3.8) is 0 Å². The number of primary sulfonamides is 1. The number of anilines is 1. The highest BCUT2D eigenvalue weighted by Gasteiger charge is 2.34. The molecule has 1 saturated heterocycles. The number of nitrogens with one attached hydrogen (secondary N) is 1. The highest BCUT2D eigenvalue weighted by molar-refractivity contribution is 7.89. The smallest absolute Gasteiger partial charge is 0.419 e. The number of hydrogen-bond donors (Lipinski definition) is 2. The Kier molecular flexibility index (Phi) is 6.74. The number of ether oxygens (including phenoxy) is 1. The van der Waals surface area contributed by atoms with Gasteiger partial charge in [-0.15, -0.1) is 0 Å². The van der Waals surface area contributed by atoms with Crippen LogP contribution in [-0.4, -0.2) is 44.0 Å². The summed E-state index contributed by atoms with van der Waals surface area (Å²) in [5, 5.41) is 8.39. The molecule has 0 unspecified atom stereocenters. The van der Waals surface area contributed by atoms with Crippen molar-refractivity contribution in [2.75, 3.05) is 25.0 Å². The van der Waals surface area contributed by atoms with Gasteiger partial charge < -0.3 is 14.5 Å². The maximum absolute atomic E-state index is 13.2. The number of piperidine rings is 1. The second kappa shape index (κ2) is 9.43. The van der Waals surface area contributed by atoms with Crippen molar-refractivity contribution >= 4 is 27.1 Å². The van der Waals surface area contributed by atoms with E-state index in [0.29, 0.717) is 23.7 Å². The van der Waals surface area contributed by atoms with Gasteiger partial charge in [0.15, 0.2) is 5.58 Å². The van der Waals surface area contributed by atoms with E-state index in [1.807, 2.05) is 0 Å². The van der Waals surface area contributed by atoms with Crippen LogP contribution in [0.4, 0.5) is 19.2 Å². The number of nitrogens with two attached hydrogens (primary N) is 1. The van der Waals surface area contributed by atoms with E-state index in [4.69, 9.17) is 14.3 Å². The lowest BCUT2D eigenvalue weighted by Gasteiger charge is -2.32. The monoisotopic (exact) mass is 498 g/mol. The van der Waals surface area contributed by atoms with Gasteiger partial charge in [0.2, 0.25) is 10.0 Å². The summed E-state index contributed by atoms with van der Waals surface area (Å²) >= 11 is 0. The van der Waals surface area contributed by atoms with Crippen molar-refractivity contribution < 1.29 is 30.7 Å². The molecule has 12 heteroatoms. The third-order valence-corrected chi connectivity index (χ3v) is 6.57. The van der Waals surface area contributed by atoms with Crippen LogP contribution in [0.15, 0.2) is 45.7 Å². The summed E-state index contributed by atoms with van der Waals surface area (Å²) in [6, 6.07) is 8.65. The second-order valence-electron chi connectivity index (χ2n) is 8.15. The minimum absolute atomic E-state index is 0.0380. The first-order valence-electron chi connectivity index (χ1n) is 10.8. The Morgan fingerprint density at radius 3 is 2.59 bits per heavy atom. The molecule has 0 aliphatic carbocycles. The van der Waals surface area contributed by atoms with Gasteiger partial charge in [0.25, 0.3) is 6.01 Å². The Morgan fingerprint density at radius 1 is 1.21 bits per heavy atom. The van der Waals surface area contributed by atoms with Crippen LogP contribution in [0, 0.1) is 0 Å². The lowest BCUT2D eigenvalue weighted by molar-refractivity contribution is -0.138. The zero-order valence-electron chi connectivity index (χ0n) is 18.4. The molecule has 1 aliphatic rings. The molecule has 1 aromatic heterocycles. The molecule has 184 valence electrons. The Labute approximate surface area is 194 Å². The van der Waals surface area contributed by atoms with Crippen LogP contribution in [0.25, 0.3) is 11.1 Å². The number of nitrogens with zero attached hydrogens (tertiary/aromatic N) is 2. The number of hydrogen-bond acceptors (Lipinski definition) is 7. The third-order valence-electron chi connectivity index (χ3n) is 5.66.